The zero-order chi connectivity index (χ0) is 42.8. The summed E-state index contributed by atoms with van der Waals surface area (Å²) in [6.07, 6.45) is 0. The molecule has 0 unspecified atom stereocenters. The Hall–Kier alpha value is -6.17. The van der Waals surface area contributed by atoms with Gasteiger partial charge in [0.1, 0.15) is 18.1 Å². The predicted octanol–water partition coefficient (Wildman–Crippen LogP) is 7.86. The number of ether oxygens (including phenoxy) is 3. The summed E-state index contributed by atoms with van der Waals surface area (Å²) in [7, 11) is 0. The zero-order valence-electron chi connectivity index (χ0n) is 34.6. The van der Waals surface area contributed by atoms with Crippen molar-refractivity contribution in [1.29, 1.82) is 0 Å². The Bertz CT molecular complexity index is 2130. The normalized spacial score (nSPS) is 11.4. The van der Waals surface area contributed by atoms with Crippen molar-refractivity contribution >= 4 is 40.8 Å². The molecule has 4 aromatic rings. The molecule has 2 N–H and O–H groups in total. The van der Waals surface area contributed by atoms with E-state index in [-0.39, 0.29) is 64.7 Å². The van der Waals surface area contributed by atoms with E-state index in [9.17, 15) is 34.2 Å². The van der Waals surface area contributed by atoms with Crippen molar-refractivity contribution in [1.82, 2.24) is 0 Å². The summed E-state index contributed by atoms with van der Waals surface area (Å²) in [6.45, 7) is 16.7. The third-order valence-electron chi connectivity index (χ3n) is 9.80. The summed E-state index contributed by atoms with van der Waals surface area (Å²) in [5.74, 6) is -3.79. The Kier molecular flexibility index (Phi) is 14.8. The number of anilines is 2. The smallest absolute Gasteiger partial charge is 0.338 e. The van der Waals surface area contributed by atoms with Gasteiger partial charge in [-0.15, -0.1) is 0 Å². The summed E-state index contributed by atoms with van der Waals surface area (Å²) in [5.41, 5.74) is -0.463. The van der Waals surface area contributed by atoms with E-state index in [2.05, 4.69) is 0 Å². The monoisotopic (exact) mass is 794 g/mol. The lowest BCUT2D eigenvalue weighted by Gasteiger charge is -2.27. The fourth-order valence-corrected chi connectivity index (χ4v) is 6.22. The lowest BCUT2D eigenvalue weighted by atomic mass is 9.93. The second kappa shape index (κ2) is 19.3. The van der Waals surface area contributed by atoms with Crippen molar-refractivity contribution in [3.05, 3.63) is 118 Å². The van der Waals surface area contributed by atoms with Gasteiger partial charge in [0.25, 0.3) is 0 Å². The van der Waals surface area contributed by atoms with Crippen molar-refractivity contribution < 1.29 is 48.4 Å². The van der Waals surface area contributed by atoms with Crippen LogP contribution in [0.15, 0.2) is 84.9 Å². The van der Waals surface area contributed by atoms with Crippen LogP contribution in [0.25, 0.3) is 0 Å². The minimum absolute atomic E-state index is 0.0173. The highest BCUT2D eigenvalue weighted by Crippen LogP contribution is 2.30. The molecule has 12 heteroatoms. The molecule has 58 heavy (non-hydrogen) atoms. The molecule has 0 aliphatic heterocycles. The third-order valence-corrected chi connectivity index (χ3v) is 9.80. The van der Waals surface area contributed by atoms with Crippen LogP contribution in [-0.4, -0.2) is 85.7 Å². The van der Waals surface area contributed by atoms with Crippen LogP contribution in [0.4, 0.5) is 11.4 Å². The van der Waals surface area contributed by atoms with Gasteiger partial charge in [0, 0.05) is 66.2 Å². The number of esters is 3. The van der Waals surface area contributed by atoms with Gasteiger partial charge in [-0.1, -0.05) is 50.2 Å². The maximum absolute atomic E-state index is 13.5. The van der Waals surface area contributed by atoms with Gasteiger partial charge in [-0.25, -0.2) is 9.59 Å². The number of hydrogen-bond donors (Lipinski definition) is 2. The van der Waals surface area contributed by atoms with Gasteiger partial charge in [0.2, 0.25) is 0 Å². The SMILES string of the molecule is CCN(CC)c1ccc(C(=O)c2ccccc2C(=O)OCC(C)(C)COC(=O)C(C)(C)COC(=O)c2ccccc2C(=O)c2ccc(N(CC)CC)cc2O)c(O)c1. The third kappa shape index (κ3) is 10.6. The van der Waals surface area contributed by atoms with Crippen molar-refractivity contribution in [2.24, 2.45) is 10.8 Å². The second-order valence-corrected chi connectivity index (χ2v) is 15.3. The molecule has 4 aromatic carbocycles. The van der Waals surface area contributed by atoms with Crippen LogP contribution >= 0.6 is 0 Å². The van der Waals surface area contributed by atoms with Crippen LogP contribution < -0.4 is 9.80 Å². The molecular weight excluding hydrogens is 741 g/mol. The standard InChI is InChI=1S/C46H54N2O10/c1-9-47(10-2)30-21-23-36(38(49)25-30)40(51)32-17-13-15-19-34(32)42(53)56-27-45(5,6)28-58-44(55)46(7,8)29-57-43(54)35-20-16-14-18-33(35)41(52)37-24-22-31(26-39(37)50)48(11-3)12-4/h13-26,49-50H,9-12,27-29H2,1-8H3. The first-order chi connectivity index (χ1) is 27.5. The highest BCUT2D eigenvalue weighted by molar-refractivity contribution is 6.16. The highest BCUT2D eigenvalue weighted by atomic mass is 16.6. The minimum Gasteiger partial charge on any atom is -0.507 e. The number of nitrogens with zero attached hydrogens (tertiary/aromatic N) is 2. The molecule has 0 aliphatic carbocycles. The topological polar surface area (TPSA) is 160 Å². The molecular formula is C46H54N2O10. The molecule has 0 radical (unpaired) electrons. The van der Waals surface area contributed by atoms with Crippen LogP contribution in [0.5, 0.6) is 11.5 Å². The van der Waals surface area contributed by atoms with Crippen LogP contribution in [-0.2, 0) is 19.0 Å². The Balaban J connectivity index is 1.35. The number of ketones is 2. The van der Waals surface area contributed by atoms with E-state index in [0.717, 1.165) is 37.6 Å². The van der Waals surface area contributed by atoms with E-state index in [0.29, 0.717) is 0 Å². The molecule has 0 atom stereocenters. The number of carbonyl (C=O) groups is 5. The second-order valence-electron chi connectivity index (χ2n) is 15.3. The number of benzene rings is 4. The number of carbonyl (C=O) groups excluding carboxylic acids is 5. The van der Waals surface area contributed by atoms with Crippen LogP contribution in [0, 0.1) is 10.8 Å². The first-order valence-corrected chi connectivity index (χ1v) is 19.4. The lowest BCUT2D eigenvalue weighted by molar-refractivity contribution is -0.160. The first-order valence-electron chi connectivity index (χ1n) is 19.4. The minimum atomic E-state index is -1.30. The molecule has 0 aliphatic rings. The molecule has 0 saturated carbocycles. The molecule has 0 bridgehead atoms. The fraction of sp³-hybridized carbons (Fsp3) is 0.370. The molecule has 308 valence electrons. The molecule has 4 rings (SSSR count). The summed E-state index contributed by atoms with van der Waals surface area (Å²) < 4.78 is 16.7. The molecule has 0 spiro atoms. The first kappa shape index (κ1) is 44.5. The van der Waals surface area contributed by atoms with Crippen LogP contribution in [0.2, 0.25) is 0 Å². The maximum Gasteiger partial charge on any atom is 0.338 e. The van der Waals surface area contributed by atoms with E-state index in [1.165, 1.54) is 48.5 Å². The van der Waals surface area contributed by atoms with Gasteiger partial charge in [-0.3, -0.25) is 14.4 Å². The number of phenols is 2. The molecule has 0 heterocycles. The Labute approximate surface area is 340 Å². The van der Waals surface area contributed by atoms with E-state index < -0.39 is 40.3 Å². The average molecular weight is 795 g/mol. The maximum atomic E-state index is 13.5. The Morgan fingerprint density at radius 3 is 1.24 bits per heavy atom. The number of phenolic OH excluding ortho intramolecular Hbond substituents is 2. The highest BCUT2D eigenvalue weighted by Gasteiger charge is 2.34. The summed E-state index contributed by atoms with van der Waals surface area (Å²) in [5, 5.41) is 21.5. The molecule has 0 aromatic heterocycles. The molecule has 0 saturated heterocycles. The van der Waals surface area contributed by atoms with Gasteiger partial charge >= 0.3 is 17.9 Å². The van der Waals surface area contributed by atoms with Crippen LogP contribution in [0.1, 0.15) is 108 Å². The van der Waals surface area contributed by atoms with E-state index >= 15 is 0 Å². The van der Waals surface area contributed by atoms with Crippen molar-refractivity contribution in [2.45, 2.75) is 55.4 Å². The summed E-state index contributed by atoms with van der Waals surface area (Å²) in [6, 6.07) is 21.9. The van der Waals surface area contributed by atoms with E-state index in [4.69, 9.17) is 14.2 Å². The Morgan fingerprint density at radius 1 is 0.500 bits per heavy atom. The lowest BCUT2D eigenvalue weighted by Crippen LogP contribution is -2.36. The quantitative estimate of drug-likeness (QED) is 0.0538. The van der Waals surface area contributed by atoms with Gasteiger partial charge in [0.05, 0.1) is 40.9 Å². The van der Waals surface area contributed by atoms with Gasteiger partial charge in [-0.05, 0) is 77.9 Å². The number of hydrogen-bond acceptors (Lipinski definition) is 12. The van der Waals surface area contributed by atoms with E-state index in [1.807, 2.05) is 37.5 Å². The largest absolute Gasteiger partial charge is 0.507 e. The molecule has 0 fully saturated rings. The molecule has 0 amide bonds. The van der Waals surface area contributed by atoms with Gasteiger partial charge < -0.3 is 34.2 Å². The van der Waals surface area contributed by atoms with E-state index in [1.54, 1.807) is 64.1 Å². The zero-order valence-corrected chi connectivity index (χ0v) is 34.6. The molecule has 12 nitrogen and oxygen atoms in total. The van der Waals surface area contributed by atoms with Gasteiger partial charge in [-0.2, -0.15) is 0 Å². The average Bonchev–Trinajstić information content (AvgIpc) is 3.21. The number of rotatable bonds is 19. The van der Waals surface area contributed by atoms with Gasteiger partial charge in [0.15, 0.2) is 11.6 Å². The van der Waals surface area contributed by atoms with Crippen molar-refractivity contribution in [3.8, 4) is 11.5 Å². The fourth-order valence-electron chi connectivity index (χ4n) is 6.22. The predicted molar refractivity (Wildman–Crippen MR) is 222 cm³/mol. The van der Waals surface area contributed by atoms with Crippen molar-refractivity contribution in [3.63, 3.8) is 0 Å². The van der Waals surface area contributed by atoms with Crippen molar-refractivity contribution in [2.75, 3.05) is 55.8 Å². The Morgan fingerprint density at radius 2 is 0.862 bits per heavy atom. The van der Waals surface area contributed by atoms with Crippen LogP contribution in [0.3, 0.4) is 0 Å². The summed E-state index contributed by atoms with van der Waals surface area (Å²) in [4.78, 5) is 71.0. The number of aromatic hydroxyl groups is 2. The summed E-state index contributed by atoms with van der Waals surface area (Å²) >= 11 is 0.